The number of sulfonamides is 2. The van der Waals surface area contributed by atoms with E-state index in [0.29, 0.717) is 23.5 Å². The van der Waals surface area contributed by atoms with E-state index in [0.717, 1.165) is 36.9 Å². The molecule has 3 N–H and O–H groups in total. The lowest BCUT2D eigenvalue weighted by atomic mass is 9.67. The molecule has 180 valence electrons. The average Bonchev–Trinajstić information content (AvgIpc) is 3.49. The van der Waals surface area contributed by atoms with Crippen LogP contribution in [0.25, 0.3) is 5.76 Å². The first kappa shape index (κ1) is 23.1. The highest BCUT2D eigenvalue weighted by molar-refractivity contribution is 7.92. The fourth-order valence-corrected chi connectivity index (χ4v) is 7.70. The fourth-order valence-electron chi connectivity index (χ4n) is 4.54. The summed E-state index contributed by atoms with van der Waals surface area (Å²) in [5.41, 5.74) is -0.0814. The van der Waals surface area contributed by atoms with Gasteiger partial charge in [0.25, 0.3) is 10.0 Å². The quantitative estimate of drug-likeness (QED) is 0.527. The van der Waals surface area contributed by atoms with Crippen molar-refractivity contribution in [3.05, 3.63) is 46.3 Å². The van der Waals surface area contributed by atoms with Gasteiger partial charge in [0.2, 0.25) is 10.0 Å². The molecule has 1 aliphatic heterocycles. The monoisotopic (exact) mass is 521 g/mol. The topological polar surface area (TPSA) is 142 Å². The van der Waals surface area contributed by atoms with Crippen LogP contribution in [-0.4, -0.2) is 39.8 Å². The van der Waals surface area contributed by atoms with Gasteiger partial charge in [-0.2, -0.15) is 8.42 Å². The van der Waals surface area contributed by atoms with Crippen molar-refractivity contribution in [3.8, 4) is 0 Å². The van der Waals surface area contributed by atoms with Crippen molar-refractivity contribution in [1.29, 1.82) is 0 Å². The van der Waals surface area contributed by atoms with Crippen LogP contribution in [0.3, 0.4) is 0 Å². The zero-order valence-electron chi connectivity index (χ0n) is 18.5. The number of Topliss-reactive ketones (excluding diaryl/α,β-unsaturated/α-hetero) is 1. The molecule has 34 heavy (non-hydrogen) atoms. The molecular formula is C22H23N3O6S3. The van der Waals surface area contributed by atoms with E-state index in [-0.39, 0.29) is 32.8 Å². The fraction of sp³-hybridized carbons (Fsp3) is 0.364. The van der Waals surface area contributed by atoms with Crippen LogP contribution in [0.2, 0.25) is 0 Å². The highest BCUT2D eigenvalue weighted by atomic mass is 32.2. The molecule has 0 saturated heterocycles. The van der Waals surface area contributed by atoms with Crippen molar-refractivity contribution < 1.29 is 26.7 Å². The van der Waals surface area contributed by atoms with Gasteiger partial charge < -0.3 is 10.4 Å². The van der Waals surface area contributed by atoms with Crippen molar-refractivity contribution in [2.75, 3.05) is 16.3 Å². The molecule has 12 heteroatoms. The molecular weight excluding hydrogens is 498 g/mol. The van der Waals surface area contributed by atoms with Gasteiger partial charge in [-0.3, -0.25) is 9.52 Å². The molecule has 1 atom stereocenters. The number of fused-ring (bicyclic) bond motifs is 2. The summed E-state index contributed by atoms with van der Waals surface area (Å²) in [6, 6.07) is 7.08. The largest absolute Gasteiger partial charge is 0.506 e. The van der Waals surface area contributed by atoms with Gasteiger partial charge in [0, 0.05) is 10.9 Å². The van der Waals surface area contributed by atoms with E-state index in [4.69, 9.17) is 0 Å². The summed E-state index contributed by atoms with van der Waals surface area (Å²) in [7, 11) is -8.09. The van der Waals surface area contributed by atoms with Crippen molar-refractivity contribution in [3.63, 3.8) is 0 Å². The second-order valence-electron chi connectivity index (χ2n) is 9.13. The van der Waals surface area contributed by atoms with Crippen LogP contribution in [0.1, 0.15) is 43.7 Å². The number of anilines is 2. The SMILES string of the molecule is C[C@@]1(CCC2CC2)C(=O)C(C2=NS(=O)(=O)c3c(NS(C)(=O)=O)csc3N2)=C(O)c2ccccc21. The van der Waals surface area contributed by atoms with Crippen LogP contribution in [0, 0.1) is 5.92 Å². The first-order chi connectivity index (χ1) is 15.9. The predicted molar refractivity (Wildman–Crippen MR) is 131 cm³/mol. The first-order valence-electron chi connectivity index (χ1n) is 10.7. The number of carbonyl (C=O) groups excluding carboxylic acids is 1. The Balaban J connectivity index is 1.62. The van der Waals surface area contributed by atoms with Crippen LogP contribution in [-0.2, 0) is 30.3 Å². The van der Waals surface area contributed by atoms with Gasteiger partial charge in [-0.05, 0) is 31.2 Å². The van der Waals surface area contributed by atoms with E-state index in [2.05, 4.69) is 14.4 Å². The number of hydrogen-bond acceptors (Lipinski definition) is 8. The second-order valence-corrected chi connectivity index (χ2v) is 13.3. The molecule has 2 aromatic rings. The lowest BCUT2D eigenvalue weighted by molar-refractivity contribution is -0.120. The summed E-state index contributed by atoms with van der Waals surface area (Å²) in [6.07, 6.45) is 4.61. The number of nitrogens with one attached hydrogen (secondary N) is 2. The van der Waals surface area contributed by atoms with Gasteiger partial charge in [-0.15, -0.1) is 15.7 Å². The Labute approximate surface area is 201 Å². The maximum absolute atomic E-state index is 13.8. The molecule has 1 aromatic heterocycles. The summed E-state index contributed by atoms with van der Waals surface area (Å²) in [5.74, 6) is -0.421. The Morgan fingerprint density at radius 3 is 2.68 bits per heavy atom. The number of aliphatic hydroxyl groups is 1. The molecule has 1 fully saturated rings. The lowest BCUT2D eigenvalue weighted by Crippen LogP contribution is -2.42. The summed E-state index contributed by atoms with van der Waals surface area (Å²) in [4.78, 5) is 13.5. The molecule has 0 spiro atoms. The Bertz CT molecular complexity index is 1500. The number of ketones is 1. The zero-order valence-corrected chi connectivity index (χ0v) is 20.9. The minimum atomic E-state index is -4.37. The number of carbonyl (C=O) groups is 1. The molecule has 5 rings (SSSR count). The van der Waals surface area contributed by atoms with E-state index < -0.39 is 31.2 Å². The number of thiophene rings is 1. The molecule has 9 nitrogen and oxygen atoms in total. The highest BCUT2D eigenvalue weighted by Gasteiger charge is 2.47. The normalized spacial score (nSPS) is 23.6. The van der Waals surface area contributed by atoms with Crippen LogP contribution in [0.15, 0.2) is 44.5 Å². The summed E-state index contributed by atoms with van der Waals surface area (Å²) in [6.45, 7) is 1.82. The minimum absolute atomic E-state index is 0.114. The molecule has 0 radical (unpaired) electrons. The number of aliphatic hydroxyl groups excluding tert-OH is 1. The van der Waals surface area contributed by atoms with Crippen molar-refractivity contribution in [2.24, 2.45) is 10.3 Å². The number of nitrogens with zero attached hydrogens (tertiary/aromatic N) is 1. The van der Waals surface area contributed by atoms with Gasteiger partial charge >= 0.3 is 0 Å². The second kappa shape index (κ2) is 7.65. The smallest absolute Gasteiger partial charge is 0.289 e. The number of benzene rings is 1. The van der Waals surface area contributed by atoms with Gasteiger partial charge in [0.05, 0.1) is 17.4 Å². The molecule has 1 aromatic carbocycles. The van der Waals surface area contributed by atoms with Gasteiger partial charge in [-0.25, -0.2) is 8.42 Å². The molecule has 2 aliphatic carbocycles. The Morgan fingerprint density at radius 2 is 2.00 bits per heavy atom. The molecule has 1 saturated carbocycles. The van der Waals surface area contributed by atoms with E-state index in [1.807, 2.05) is 19.1 Å². The molecule has 0 bridgehead atoms. The lowest BCUT2D eigenvalue weighted by Gasteiger charge is -2.36. The van der Waals surface area contributed by atoms with Crippen molar-refractivity contribution in [2.45, 2.75) is 42.9 Å². The molecule has 3 aliphatic rings. The Morgan fingerprint density at radius 1 is 1.29 bits per heavy atom. The van der Waals surface area contributed by atoms with Crippen molar-refractivity contribution in [1.82, 2.24) is 0 Å². The number of rotatable bonds is 6. The van der Waals surface area contributed by atoms with Gasteiger partial charge in [-0.1, -0.05) is 37.1 Å². The van der Waals surface area contributed by atoms with Crippen LogP contribution >= 0.6 is 11.3 Å². The number of hydrogen-bond donors (Lipinski definition) is 3. The van der Waals surface area contributed by atoms with E-state index in [1.54, 1.807) is 12.1 Å². The minimum Gasteiger partial charge on any atom is -0.506 e. The van der Waals surface area contributed by atoms with Crippen LogP contribution in [0.5, 0.6) is 0 Å². The maximum atomic E-state index is 13.8. The van der Waals surface area contributed by atoms with E-state index in [1.165, 1.54) is 5.38 Å². The Hall–Kier alpha value is -2.70. The summed E-state index contributed by atoms with van der Waals surface area (Å²) in [5, 5.41) is 15.4. The van der Waals surface area contributed by atoms with Crippen LogP contribution < -0.4 is 10.0 Å². The average molecular weight is 522 g/mol. The number of amidine groups is 1. The third kappa shape index (κ3) is 3.83. The standard InChI is InChI=1S/C22H23N3O6S3/c1-22(10-9-12-7-8-12)14-6-4-3-5-13(14)17(26)16(19(22)27)20-23-21-18(34(30,31)25-20)15(11-32-21)24-33(2,28)29/h3-6,11-12,24,26H,7-10H2,1-2H3,(H,23,25)/t22-/m0/s1. The Kier molecular flexibility index (Phi) is 5.19. The third-order valence-corrected chi connectivity index (χ3v) is 9.45. The van der Waals surface area contributed by atoms with E-state index in [9.17, 15) is 26.7 Å². The van der Waals surface area contributed by atoms with Gasteiger partial charge in [0.15, 0.2) is 11.6 Å². The molecule has 0 unspecified atom stereocenters. The maximum Gasteiger partial charge on any atom is 0.289 e. The first-order valence-corrected chi connectivity index (χ1v) is 14.9. The molecule has 0 amide bonds. The molecule has 2 heterocycles. The van der Waals surface area contributed by atoms with Gasteiger partial charge in [0.1, 0.15) is 21.2 Å². The van der Waals surface area contributed by atoms with Crippen LogP contribution in [0.4, 0.5) is 10.7 Å². The van der Waals surface area contributed by atoms with Crippen molar-refractivity contribution >= 4 is 59.4 Å². The third-order valence-electron chi connectivity index (χ3n) is 6.47. The summed E-state index contributed by atoms with van der Waals surface area (Å²) < 4.78 is 55.4. The predicted octanol–water partition coefficient (Wildman–Crippen LogP) is 3.63. The summed E-state index contributed by atoms with van der Waals surface area (Å²) >= 11 is 0.960. The highest BCUT2D eigenvalue weighted by Crippen LogP contribution is 2.47. The zero-order chi connectivity index (χ0) is 24.5. The van der Waals surface area contributed by atoms with E-state index >= 15 is 0 Å².